The molecule has 1 atom stereocenters. The second kappa shape index (κ2) is 9.51. The number of fused-ring (bicyclic) bond motifs is 1. The predicted molar refractivity (Wildman–Crippen MR) is 96.1 cm³/mol. The van der Waals surface area contributed by atoms with Crippen molar-refractivity contribution < 1.29 is 32.6 Å². The number of nitrogens with zero attached hydrogens (tertiary/aromatic N) is 1. The van der Waals surface area contributed by atoms with Crippen LogP contribution < -0.4 is 11.1 Å². The molecule has 0 unspecified atom stereocenters. The van der Waals surface area contributed by atoms with Crippen LogP contribution in [0.1, 0.15) is 22.6 Å². The Morgan fingerprint density at radius 1 is 1.32 bits per heavy atom. The lowest BCUT2D eigenvalue weighted by Gasteiger charge is -2.15. The van der Waals surface area contributed by atoms with E-state index in [0.29, 0.717) is 5.13 Å². The zero-order valence-corrected chi connectivity index (χ0v) is 15.3. The fourth-order valence-electron chi connectivity index (χ4n) is 2.30. The molecular weight excluding hydrogens is 399 g/mol. The van der Waals surface area contributed by atoms with Gasteiger partial charge in [-0.2, -0.15) is 13.2 Å². The highest BCUT2D eigenvalue weighted by molar-refractivity contribution is 7.15. The number of halogens is 3. The minimum absolute atomic E-state index is 0.204. The molecule has 1 aliphatic rings. The van der Waals surface area contributed by atoms with E-state index in [0.717, 1.165) is 30.5 Å². The van der Waals surface area contributed by atoms with Crippen molar-refractivity contribution >= 4 is 28.5 Å². The van der Waals surface area contributed by atoms with Crippen LogP contribution >= 0.6 is 11.3 Å². The van der Waals surface area contributed by atoms with Gasteiger partial charge in [0, 0.05) is 10.9 Å². The standard InChI is InChI=1S/C15H17N3O2S.C2HF3O2/c16-11-6-7-12-13(8-11)21-14(17-12)18-15(19)20-9-10-4-2-1-3-5-10;3-2(4,5)1(6)7/h1-5,11H,6-9,16H2,(H,17,18,19);(H,6,7)/t11-;/m0./s1. The number of carboxylic acid groups (broad SMARTS) is 1. The fraction of sp³-hybridized carbons (Fsp3) is 0.353. The maximum absolute atomic E-state index is 11.8. The number of aliphatic carboxylic acids is 1. The van der Waals surface area contributed by atoms with Gasteiger partial charge in [-0.15, -0.1) is 11.3 Å². The summed E-state index contributed by atoms with van der Waals surface area (Å²) in [6.07, 6.45) is -2.88. The number of carbonyl (C=O) groups is 2. The van der Waals surface area contributed by atoms with Gasteiger partial charge in [-0.25, -0.2) is 14.6 Å². The van der Waals surface area contributed by atoms with E-state index in [2.05, 4.69) is 10.3 Å². The molecule has 1 amide bonds. The normalized spacial score (nSPS) is 15.6. The molecule has 7 nitrogen and oxygen atoms in total. The number of ether oxygens (including phenoxy) is 1. The second-order valence-corrected chi connectivity index (χ2v) is 6.97. The third-order valence-corrected chi connectivity index (χ3v) is 4.68. The van der Waals surface area contributed by atoms with Crippen LogP contribution in [0.4, 0.5) is 23.1 Å². The molecule has 0 spiro atoms. The van der Waals surface area contributed by atoms with Crippen molar-refractivity contribution in [2.45, 2.75) is 38.1 Å². The molecule has 0 radical (unpaired) electrons. The third kappa shape index (κ3) is 6.82. The Balaban J connectivity index is 0.000000345. The quantitative estimate of drug-likeness (QED) is 0.706. The van der Waals surface area contributed by atoms with Gasteiger partial charge in [-0.1, -0.05) is 30.3 Å². The van der Waals surface area contributed by atoms with E-state index in [1.807, 2.05) is 30.3 Å². The first kappa shape index (κ1) is 21.6. The van der Waals surface area contributed by atoms with Gasteiger partial charge < -0.3 is 15.6 Å². The van der Waals surface area contributed by atoms with Gasteiger partial charge in [0.25, 0.3) is 0 Å². The van der Waals surface area contributed by atoms with Crippen molar-refractivity contribution in [3.63, 3.8) is 0 Å². The molecule has 0 bridgehead atoms. The monoisotopic (exact) mass is 417 g/mol. The van der Waals surface area contributed by atoms with Gasteiger partial charge in [-0.05, 0) is 24.8 Å². The Hall–Kier alpha value is -2.66. The topological polar surface area (TPSA) is 115 Å². The van der Waals surface area contributed by atoms with Crippen molar-refractivity contribution in [2.75, 3.05) is 5.32 Å². The van der Waals surface area contributed by atoms with Crippen molar-refractivity contribution in [2.24, 2.45) is 5.73 Å². The highest BCUT2D eigenvalue weighted by Crippen LogP contribution is 2.29. The maximum Gasteiger partial charge on any atom is 0.490 e. The molecule has 0 aliphatic heterocycles. The Bertz CT molecular complexity index is 812. The number of carboxylic acids is 1. The van der Waals surface area contributed by atoms with Crippen LogP contribution in [0.3, 0.4) is 0 Å². The van der Waals surface area contributed by atoms with Crippen LogP contribution in [0.2, 0.25) is 0 Å². The van der Waals surface area contributed by atoms with Crippen LogP contribution in [0.5, 0.6) is 0 Å². The lowest BCUT2D eigenvalue weighted by Crippen LogP contribution is -2.27. The van der Waals surface area contributed by atoms with E-state index in [1.54, 1.807) is 0 Å². The molecule has 152 valence electrons. The predicted octanol–water partition coefficient (Wildman–Crippen LogP) is 3.34. The minimum atomic E-state index is -5.08. The van der Waals surface area contributed by atoms with Gasteiger partial charge in [0.2, 0.25) is 0 Å². The number of aryl methyl sites for hydroxylation is 1. The van der Waals surface area contributed by atoms with Crippen LogP contribution in [-0.4, -0.2) is 34.4 Å². The molecule has 1 aromatic carbocycles. The average Bonchev–Trinajstić information content (AvgIpc) is 3.01. The van der Waals surface area contributed by atoms with Gasteiger partial charge >= 0.3 is 18.2 Å². The first-order chi connectivity index (χ1) is 13.1. The number of benzene rings is 1. The van der Waals surface area contributed by atoms with Crippen LogP contribution in [0.25, 0.3) is 0 Å². The number of aromatic nitrogens is 1. The molecule has 28 heavy (non-hydrogen) atoms. The molecule has 1 heterocycles. The van der Waals surface area contributed by atoms with E-state index in [-0.39, 0.29) is 12.6 Å². The van der Waals surface area contributed by atoms with Crippen molar-refractivity contribution in [1.82, 2.24) is 4.98 Å². The zero-order valence-electron chi connectivity index (χ0n) is 14.5. The average molecular weight is 417 g/mol. The van der Waals surface area contributed by atoms with Gasteiger partial charge in [0.1, 0.15) is 6.61 Å². The number of nitrogens with two attached hydrogens (primary N) is 1. The number of carbonyl (C=O) groups excluding carboxylic acids is 1. The number of amides is 1. The van der Waals surface area contributed by atoms with Gasteiger partial charge in [0.15, 0.2) is 5.13 Å². The smallest absolute Gasteiger partial charge is 0.475 e. The summed E-state index contributed by atoms with van der Waals surface area (Å²) >= 11 is 1.49. The SMILES string of the molecule is N[C@H]1CCc2nc(NC(=O)OCc3ccccc3)sc2C1.O=C(O)C(F)(F)F. The van der Waals surface area contributed by atoms with E-state index >= 15 is 0 Å². The van der Waals surface area contributed by atoms with Crippen LogP contribution in [-0.2, 0) is 29.0 Å². The summed E-state index contributed by atoms with van der Waals surface area (Å²) in [5, 5.41) is 10.4. The number of alkyl halides is 3. The molecule has 4 N–H and O–H groups in total. The van der Waals surface area contributed by atoms with Crippen molar-refractivity contribution in [1.29, 1.82) is 0 Å². The summed E-state index contributed by atoms with van der Waals surface area (Å²) in [6.45, 7) is 0.253. The Morgan fingerprint density at radius 3 is 2.57 bits per heavy atom. The highest BCUT2D eigenvalue weighted by Gasteiger charge is 2.38. The first-order valence-corrected chi connectivity index (χ1v) is 8.98. The molecule has 3 rings (SSSR count). The Labute approximate surface area is 162 Å². The Kier molecular flexibility index (Phi) is 7.35. The number of anilines is 1. The summed E-state index contributed by atoms with van der Waals surface area (Å²) in [7, 11) is 0. The molecule has 11 heteroatoms. The summed E-state index contributed by atoms with van der Waals surface area (Å²) in [6, 6.07) is 9.78. The summed E-state index contributed by atoms with van der Waals surface area (Å²) in [5.41, 5.74) is 7.95. The van der Waals surface area contributed by atoms with E-state index in [1.165, 1.54) is 16.2 Å². The maximum atomic E-state index is 11.8. The first-order valence-electron chi connectivity index (χ1n) is 8.17. The van der Waals surface area contributed by atoms with Crippen LogP contribution in [0, 0.1) is 0 Å². The molecule has 2 aromatic rings. The third-order valence-electron chi connectivity index (χ3n) is 3.64. The second-order valence-electron chi connectivity index (χ2n) is 5.88. The minimum Gasteiger partial charge on any atom is -0.475 e. The Morgan fingerprint density at radius 2 is 1.96 bits per heavy atom. The largest absolute Gasteiger partial charge is 0.490 e. The lowest BCUT2D eigenvalue weighted by molar-refractivity contribution is -0.192. The number of hydrogen-bond acceptors (Lipinski definition) is 6. The highest BCUT2D eigenvalue weighted by atomic mass is 32.1. The summed E-state index contributed by atoms with van der Waals surface area (Å²) in [4.78, 5) is 26.3. The van der Waals surface area contributed by atoms with Crippen molar-refractivity contribution in [3.8, 4) is 0 Å². The van der Waals surface area contributed by atoms with E-state index in [4.69, 9.17) is 20.4 Å². The van der Waals surface area contributed by atoms with Crippen molar-refractivity contribution in [3.05, 3.63) is 46.5 Å². The number of nitrogens with one attached hydrogen (secondary N) is 1. The number of rotatable bonds is 3. The molecular formula is C17H18F3N3O4S. The van der Waals surface area contributed by atoms with Gasteiger partial charge in [-0.3, -0.25) is 5.32 Å². The molecule has 0 fully saturated rings. The molecule has 1 aliphatic carbocycles. The zero-order chi connectivity index (χ0) is 20.7. The van der Waals surface area contributed by atoms with E-state index < -0.39 is 18.2 Å². The fourth-order valence-corrected chi connectivity index (χ4v) is 3.39. The summed E-state index contributed by atoms with van der Waals surface area (Å²) < 4.78 is 36.9. The lowest BCUT2D eigenvalue weighted by atomic mass is 9.99. The van der Waals surface area contributed by atoms with Crippen LogP contribution in [0.15, 0.2) is 30.3 Å². The number of thiazole rings is 1. The molecule has 0 saturated carbocycles. The number of hydrogen-bond donors (Lipinski definition) is 3. The summed E-state index contributed by atoms with van der Waals surface area (Å²) in [5.74, 6) is -2.76. The molecule has 1 aromatic heterocycles. The molecule has 0 saturated heterocycles. The van der Waals surface area contributed by atoms with Gasteiger partial charge in [0.05, 0.1) is 5.69 Å². The van der Waals surface area contributed by atoms with E-state index in [9.17, 15) is 18.0 Å².